The maximum atomic E-state index is 11.0. The average Bonchev–Trinajstić information content (AvgIpc) is 2.62. The van der Waals surface area contributed by atoms with E-state index in [4.69, 9.17) is 0 Å². The number of nitrogens with one attached hydrogen (secondary N) is 1. The maximum Gasteiger partial charge on any atom is 0.264 e. The summed E-state index contributed by atoms with van der Waals surface area (Å²) in [6.45, 7) is 1.96. The molecule has 1 fully saturated rings. The summed E-state index contributed by atoms with van der Waals surface area (Å²) in [4.78, 5) is 11.0. The minimum Gasteiger partial charge on any atom is -0.268 e. The van der Waals surface area contributed by atoms with E-state index in [1.54, 1.807) is 6.07 Å². The Balaban J connectivity index is 2.12. The molecule has 3 heteroatoms. The highest BCUT2D eigenvalue weighted by Crippen LogP contribution is 2.27. The van der Waals surface area contributed by atoms with Crippen LogP contribution in [0.5, 0.6) is 0 Å². The molecule has 1 N–H and O–H groups in total. The molecule has 1 heterocycles. The van der Waals surface area contributed by atoms with Gasteiger partial charge in [-0.1, -0.05) is 25.7 Å². The fourth-order valence-electron chi connectivity index (χ4n) is 2.22. The zero-order valence-electron chi connectivity index (χ0n) is 8.55. The lowest BCUT2D eigenvalue weighted by Crippen LogP contribution is -2.12. The second kappa shape index (κ2) is 3.95. The third-order valence-electron chi connectivity index (χ3n) is 3.06. The van der Waals surface area contributed by atoms with E-state index < -0.39 is 0 Å². The first-order chi connectivity index (χ1) is 6.75. The summed E-state index contributed by atoms with van der Waals surface area (Å²) in [6, 6.07) is 1.64. The van der Waals surface area contributed by atoms with Gasteiger partial charge in [-0.2, -0.15) is 5.10 Å². The molecule has 0 bridgehead atoms. The molecule has 1 saturated carbocycles. The van der Waals surface area contributed by atoms with Crippen LogP contribution >= 0.6 is 0 Å². The lowest BCUT2D eigenvalue weighted by atomic mass is 10.00. The minimum absolute atomic E-state index is 0.0994. The van der Waals surface area contributed by atoms with Crippen LogP contribution in [-0.4, -0.2) is 10.2 Å². The van der Waals surface area contributed by atoms with E-state index in [2.05, 4.69) is 10.2 Å². The number of nitrogens with zero attached hydrogens (tertiary/aromatic N) is 1. The summed E-state index contributed by atoms with van der Waals surface area (Å²) in [5.74, 6) is 0.784. The van der Waals surface area contributed by atoms with Crippen molar-refractivity contribution in [2.24, 2.45) is 5.92 Å². The molecule has 0 saturated heterocycles. The van der Waals surface area contributed by atoms with E-state index in [-0.39, 0.29) is 5.56 Å². The third-order valence-corrected chi connectivity index (χ3v) is 3.06. The highest BCUT2D eigenvalue weighted by molar-refractivity contribution is 5.15. The summed E-state index contributed by atoms with van der Waals surface area (Å²) < 4.78 is 0. The van der Waals surface area contributed by atoms with Crippen molar-refractivity contribution in [1.82, 2.24) is 10.2 Å². The van der Waals surface area contributed by atoms with E-state index in [0.29, 0.717) is 0 Å². The molecule has 2 rings (SSSR count). The molecule has 0 amide bonds. The smallest absolute Gasteiger partial charge is 0.264 e. The predicted octanol–water partition coefficient (Wildman–Crippen LogP) is 1.81. The van der Waals surface area contributed by atoms with E-state index in [9.17, 15) is 4.79 Å². The van der Waals surface area contributed by atoms with Crippen LogP contribution < -0.4 is 5.56 Å². The van der Waals surface area contributed by atoms with E-state index in [1.165, 1.54) is 25.7 Å². The highest BCUT2D eigenvalue weighted by atomic mass is 16.1. The van der Waals surface area contributed by atoms with Crippen LogP contribution in [0, 0.1) is 12.8 Å². The SMILES string of the molecule is Cc1cc(=O)[nH]nc1CC1CCCC1. The zero-order chi connectivity index (χ0) is 9.97. The molecule has 1 aliphatic rings. The molecule has 0 aliphatic heterocycles. The van der Waals surface area contributed by atoms with Gasteiger partial charge in [0.25, 0.3) is 5.56 Å². The Morgan fingerprint density at radius 2 is 2.21 bits per heavy atom. The number of rotatable bonds is 2. The van der Waals surface area contributed by atoms with Gasteiger partial charge >= 0.3 is 0 Å². The maximum absolute atomic E-state index is 11.0. The van der Waals surface area contributed by atoms with Crippen LogP contribution in [0.25, 0.3) is 0 Å². The molecular weight excluding hydrogens is 176 g/mol. The van der Waals surface area contributed by atoms with Gasteiger partial charge in [0, 0.05) is 6.07 Å². The molecule has 0 unspecified atom stereocenters. The van der Waals surface area contributed by atoms with Crippen LogP contribution in [0.2, 0.25) is 0 Å². The molecule has 0 aromatic carbocycles. The van der Waals surface area contributed by atoms with Crippen LogP contribution in [0.3, 0.4) is 0 Å². The van der Waals surface area contributed by atoms with Crippen LogP contribution in [0.4, 0.5) is 0 Å². The molecule has 1 aromatic rings. The monoisotopic (exact) mass is 192 g/mol. The average molecular weight is 192 g/mol. The van der Waals surface area contributed by atoms with Gasteiger partial charge in [-0.25, -0.2) is 5.10 Å². The van der Waals surface area contributed by atoms with E-state index in [1.807, 2.05) is 6.92 Å². The first-order valence-corrected chi connectivity index (χ1v) is 5.31. The number of hydrogen-bond acceptors (Lipinski definition) is 2. The Morgan fingerprint density at radius 3 is 2.86 bits per heavy atom. The number of H-pyrrole nitrogens is 1. The Labute approximate surface area is 83.5 Å². The lowest BCUT2D eigenvalue weighted by Gasteiger charge is -2.09. The first-order valence-electron chi connectivity index (χ1n) is 5.31. The van der Waals surface area contributed by atoms with Gasteiger partial charge in [0.2, 0.25) is 0 Å². The molecule has 1 aliphatic carbocycles. The number of aromatic nitrogens is 2. The first kappa shape index (κ1) is 9.44. The normalized spacial score (nSPS) is 17.5. The molecule has 76 valence electrons. The van der Waals surface area contributed by atoms with Crippen molar-refractivity contribution < 1.29 is 0 Å². The molecule has 0 radical (unpaired) electrons. The lowest BCUT2D eigenvalue weighted by molar-refractivity contribution is 0.533. The number of aryl methyl sites for hydroxylation is 1. The molecule has 1 aromatic heterocycles. The summed E-state index contributed by atoms with van der Waals surface area (Å²) in [6.07, 6.45) is 6.38. The second-order valence-corrected chi connectivity index (χ2v) is 4.22. The van der Waals surface area contributed by atoms with Crippen molar-refractivity contribution in [2.45, 2.75) is 39.0 Å². The highest BCUT2D eigenvalue weighted by Gasteiger charge is 2.16. The topological polar surface area (TPSA) is 45.8 Å². The van der Waals surface area contributed by atoms with E-state index in [0.717, 1.165) is 23.6 Å². The van der Waals surface area contributed by atoms with Gasteiger partial charge in [0.1, 0.15) is 0 Å². The largest absolute Gasteiger partial charge is 0.268 e. The van der Waals surface area contributed by atoms with Crippen molar-refractivity contribution >= 4 is 0 Å². The summed E-state index contributed by atoms with van der Waals surface area (Å²) >= 11 is 0. The quantitative estimate of drug-likeness (QED) is 0.776. The summed E-state index contributed by atoms with van der Waals surface area (Å²) in [5.41, 5.74) is 2.00. The molecule has 0 spiro atoms. The van der Waals surface area contributed by atoms with Crippen LogP contribution in [0.15, 0.2) is 10.9 Å². The number of hydrogen-bond donors (Lipinski definition) is 1. The van der Waals surface area contributed by atoms with Gasteiger partial charge in [-0.05, 0) is 24.8 Å². The van der Waals surface area contributed by atoms with Crippen molar-refractivity contribution in [3.8, 4) is 0 Å². The van der Waals surface area contributed by atoms with Gasteiger partial charge in [-0.15, -0.1) is 0 Å². The van der Waals surface area contributed by atoms with Crippen molar-refractivity contribution in [1.29, 1.82) is 0 Å². The molecule has 0 atom stereocenters. The van der Waals surface area contributed by atoms with Gasteiger partial charge < -0.3 is 0 Å². The number of aromatic amines is 1. The molecular formula is C11H16N2O. The minimum atomic E-state index is -0.0994. The van der Waals surface area contributed by atoms with Crippen LogP contribution in [-0.2, 0) is 6.42 Å². The van der Waals surface area contributed by atoms with Gasteiger partial charge in [0.15, 0.2) is 0 Å². The summed E-state index contributed by atoms with van der Waals surface area (Å²) in [5, 5.41) is 6.61. The van der Waals surface area contributed by atoms with Gasteiger partial charge in [0.05, 0.1) is 5.69 Å². The Kier molecular flexibility index (Phi) is 2.66. The standard InChI is InChI=1S/C11H16N2O/c1-8-6-11(14)13-12-10(8)7-9-4-2-3-5-9/h6,9H,2-5,7H2,1H3,(H,13,14). The fourth-order valence-corrected chi connectivity index (χ4v) is 2.22. The zero-order valence-corrected chi connectivity index (χ0v) is 8.55. The van der Waals surface area contributed by atoms with Crippen LogP contribution in [0.1, 0.15) is 36.9 Å². The third kappa shape index (κ3) is 2.03. The predicted molar refractivity (Wildman–Crippen MR) is 55.3 cm³/mol. The second-order valence-electron chi connectivity index (χ2n) is 4.22. The Bertz CT molecular complexity index is 364. The molecule has 14 heavy (non-hydrogen) atoms. The van der Waals surface area contributed by atoms with Crippen molar-refractivity contribution in [3.63, 3.8) is 0 Å². The molecule has 3 nitrogen and oxygen atoms in total. The fraction of sp³-hybridized carbons (Fsp3) is 0.636. The Morgan fingerprint density at radius 1 is 1.50 bits per heavy atom. The Hall–Kier alpha value is -1.12. The van der Waals surface area contributed by atoms with E-state index >= 15 is 0 Å². The van der Waals surface area contributed by atoms with Crippen molar-refractivity contribution in [2.75, 3.05) is 0 Å². The summed E-state index contributed by atoms with van der Waals surface area (Å²) in [7, 11) is 0. The van der Waals surface area contributed by atoms with Gasteiger partial charge in [-0.3, -0.25) is 4.79 Å². The van der Waals surface area contributed by atoms with Crippen molar-refractivity contribution in [3.05, 3.63) is 27.7 Å².